The Kier molecular flexibility index (Phi) is 4.89. The Bertz CT molecular complexity index is 676. The summed E-state index contributed by atoms with van der Waals surface area (Å²) in [7, 11) is 0. The smallest absolute Gasteiger partial charge is 0.341 e. The first-order valence-electron chi connectivity index (χ1n) is 5.94. The molecule has 108 valence electrons. The number of amides is 1. The van der Waals surface area contributed by atoms with Crippen LogP contribution < -0.4 is 10.1 Å². The number of pyridine rings is 1. The number of para-hydroxylation sites is 2. The molecule has 0 aliphatic heterocycles. The number of anilines is 1. The molecule has 0 saturated heterocycles. The maximum Gasteiger partial charge on any atom is 0.341 e. The summed E-state index contributed by atoms with van der Waals surface area (Å²) < 4.78 is 5.66. The van der Waals surface area contributed by atoms with Crippen LogP contribution in [0.2, 0.25) is 0 Å². The van der Waals surface area contributed by atoms with E-state index in [1.165, 1.54) is 0 Å². The molecule has 2 aromatic rings. The van der Waals surface area contributed by atoms with E-state index >= 15 is 0 Å². The molecule has 1 amide bonds. The molecule has 21 heavy (non-hydrogen) atoms. The molecular formula is C14H11BrN2O4. The second kappa shape index (κ2) is 6.85. The van der Waals surface area contributed by atoms with E-state index in [4.69, 9.17) is 9.84 Å². The molecule has 2 rings (SSSR count). The zero-order valence-corrected chi connectivity index (χ0v) is 12.3. The number of carboxylic acid groups (broad SMARTS) is 1. The maximum absolute atomic E-state index is 12.1. The van der Waals surface area contributed by atoms with Crippen LogP contribution in [0.5, 0.6) is 5.75 Å². The van der Waals surface area contributed by atoms with Gasteiger partial charge in [0, 0.05) is 0 Å². The van der Waals surface area contributed by atoms with Crippen molar-refractivity contribution in [1.29, 1.82) is 0 Å². The van der Waals surface area contributed by atoms with Gasteiger partial charge in [-0.25, -0.2) is 9.78 Å². The third-order valence-corrected chi connectivity index (χ3v) is 2.88. The zero-order valence-electron chi connectivity index (χ0n) is 10.7. The molecule has 7 heteroatoms. The fourth-order valence-electron chi connectivity index (χ4n) is 1.56. The third-order valence-electron chi connectivity index (χ3n) is 2.43. The maximum atomic E-state index is 12.1. The van der Waals surface area contributed by atoms with Crippen LogP contribution in [0.4, 0.5) is 5.69 Å². The second-order valence-corrected chi connectivity index (χ2v) is 4.79. The fourth-order valence-corrected chi connectivity index (χ4v) is 1.90. The molecule has 0 spiro atoms. The number of halogens is 1. The predicted octanol–water partition coefficient (Wildman–Crippen LogP) is 2.56. The molecule has 6 nitrogen and oxygen atoms in total. The van der Waals surface area contributed by atoms with Crippen molar-refractivity contribution in [3.8, 4) is 5.75 Å². The highest BCUT2D eigenvalue weighted by atomic mass is 79.9. The molecule has 0 atom stereocenters. The number of carbonyl (C=O) groups excluding carboxylic acids is 1. The minimum absolute atomic E-state index is 0.234. The Labute approximate surface area is 128 Å². The van der Waals surface area contributed by atoms with Gasteiger partial charge in [-0.2, -0.15) is 0 Å². The Morgan fingerprint density at radius 2 is 1.95 bits per heavy atom. The van der Waals surface area contributed by atoms with Crippen LogP contribution in [0, 0.1) is 0 Å². The summed E-state index contributed by atoms with van der Waals surface area (Å²) in [6, 6.07) is 11.6. The van der Waals surface area contributed by atoms with Crippen molar-refractivity contribution in [2.45, 2.75) is 0 Å². The second-order valence-electron chi connectivity index (χ2n) is 3.98. The van der Waals surface area contributed by atoms with E-state index < -0.39 is 18.5 Å². The van der Waals surface area contributed by atoms with Gasteiger partial charge in [0.15, 0.2) is 6.61 Å². The molecular weight excluding hydrogens is 340 g/mol. The Hall–Kier alpha value is -2.41. The van der Waals surface area contributed by atoms with Gasteiger partial charge in [0.1, 0.15) is 16.0 Å². The number of nitrogens with zero attached hydrogens (tertiary/aromatic N) is 1. The van der Waals surface area contributed by atoms with Crippen molar-refractivity contribution in [2.24, 2.45) is 0 Å². The Morgan fingerprint density at radius 3 is 2.67 bits per heavy atom. The average molecular weight is 351 g/mol. The lowest BCUT2D eigenvalue weighted by Gasteiger charge is -2.11. The highest BCUT2D eigenvalue weighted by Gasteiger charge is 2.11. The summed E-state index contributed by atoms with van der Waals surface area (Å²) in [5, 5.41) is 11.3. The molecule has 0 bridgehead atoms. The van der Waals surface area contributed by atoms with Crippen LogP contribution in [0.3, 0.4) is 0 Å². The third kappa shape index (κ3) is 4.28. The summed E-state index contributed by atoms with van der Waals surface area (Å²) in [4.78, 5) is 26.7. The first kappa shape index (κ1) is 15.0. The monoisotopic (exact) mass is 350 g/mol. The summed E-state index contributed by atoms with van der Waals surface area (Å²) in [6.45, 7) is -0.484. The number of nitrogens with one attached hydrogen (secondary N) is 1. The minimum atomic E-state index is -1.09. The molecule has 0 fully saturated rings. The van der Waals surface area contributed by atoms with Crippen LogP contribution in [-0.4, -0.2) is 28.6 Å². The summed E-state index contributed by atoms with van der Waals surface area (Å²) in [5.41, 5.74) is 0.614. The van der Waals surface area contributed by atoms with Gasteiger partial charge in [-0.05, 0) is 40.2 Å². The molecule has 1 heterocycles. The zero-order chi connectivity index (χ0) is 15.2. The van der Waals surface area contributed by atoms with E-state index in [0.29, 0.717) is 10.3 Å². The Morgan fingerprint density at radius 1 is 1.19 bits per heavy atom. The lowest BCUT2D eigenvalue weighted by Crippen LogP contribution is -2.16. The van der Waals surface area contributed by atoms with Crippen LogP contribution in [-0.2, 0) is 4.79 Å². The van der Waals surface area contributed by atoms with Gasteiger partial charge in [-0.3, -0.25) is 4.79 Å². The number of aliphatic carboxylic acids is 1. The SMILES string of the molecule is O=C(O)COc1ccccc1NC(=O)c1cccc(Br)n1. The van der Waals surface area contributed by atoms with Crippen LogP contribution in [0.1, 0.15) is 10.5 Å². The summed E-state index contributed by atoms with van der Waals surface area (Å²) >= 11 is 3.19. The number of rotatable bonds is 5. The van der Waals surface area contributed by atoms with Gasteiger partial charge in [0.2, 0.25) is 0 Å². The number of ether oxygens (including phenoxy) is 1. The number of aromatic nitrogens is 1. The summed E-state index contributed by atoms with van der Waals surface area (Å²) in [6.07, 6.45) is 0. The van der Waals surface area contributed by atoms with E-state index in [1.807, 2.05) is 0 Å². The highest BCUT2D eigenvalue weighted by molar-refractivity contribution is 9.10. The summed E-state index contributed by atoms with van der Waals surface area (Å²) in [5.74, 6) is -1.23. The van der Waals surface area contributed by atoms with Crippen molar-refractivity contribution in [2.75, 3.05) is 11.9 Å². The quantitative estimate of drug-likeness (QED) is 0.809. The fraction of sp³-hybridized carbons (Fsp3) is 0.0714. The van der Waals surface area contributed by atoms with Crippen molar-refractivity contribution in [3.05, 3.63) is 52.8 Å². The molecule has 0 aliphatic rings. The minimum Gasteiger partial charge on any atom is -0.480 e. The Balaban J connectivity index is 2.15. The largest absolute Gasteiger partial charge is 0.480 e. The number of hydrogen-bond acceptors (Lipinski definition) is 4. The van der Waals surface area contributed by atoms with Crippen molar-refractivity contribution in [1.82, 2.24) is 4.98 Å². The topological polar surface area (TPSA) is 88.5 Å². The van der Waals surface area contributed by atoms with Crippen LogP contribution >= 0.6 is 15.9 Å². The van der Waals surface area contributed by atoms with Gasteiger partial charge in [0.05, 0.1) is 5.69 Å². The van der Waals surface area contributed by atoms with Crippen LogP contribution in [0.15, 0.2) is 47.1 Å². The number of carbonyl (C=O) groups is 2. The average Bonchev–Trinajstić information content (AvgIpc) is 2.46. The normalized spacial score (nSPS) is 9.95. The first-order valence-corrected chi connectivity index (χ1v) is 6.73. The van der Waals surface area contributed by atoms with Gasteiger partial charge >= 0.3 is 5.97 Å². The molecule has 0 radical (unpaired) electrons. The predicted molar refractivity (Wildman–Crippen MR) is 79.5 cm³/mol. The van der Waals surface area contributed by atoms with Gasteiger partial charge < -0.3 is 15.2 Å². The van der Waals surface area contributed by atoms with E-state index in [0.717, 1.165) is 0 Å². The molecule has 0 saturated carbocycles. The number of hydrogen-bond donors (Lipinski definition) is 2. The molecule has 0 aliphatic carbocycles. The van der Waals surface area contributed by atoms with E-state index in [9.17, 15) is 9.59 Å². The highest BCUT2D eigenvalue weighted by Crippen LogP contribution is 2.24. The van der Waals surface area contributed by atoms with Crippen molar-refractivity contribution < 1.29 is 19.4 Å². The van der Waals surface area contributed by atoms with Crippen molar-refractivity contribution >= 4 is 33.5 Å². The molecule has 1 aromatic carbocycles. The molecule has 0 unspecified atom stereocenters. The van der Waals surface area contributed by atoms with E-state index in [1.54, 1.807) is 42.5 Å². The number of benzene rings is 1. The van der Waals surface area contributed by atoms with Crippen LogP contribution in [0.25, 0.3) is 0 Å². The van der Waals surface area contributed by atoms with E-state index in [2.05, 4.69) is 26.2 Å². The number of carboxylic acids is 1. The van der Waals surface area contributed by atoms with Gasteiger partial charge in [0.25, 0.3) is 5.91 Å². The standard InChI is InChI=1S/C14H11BrN2O4/c15-12-7-3-5-10(16-12)14(20)17-9-4-1-2-6-11(9)21-8-13(18)19/h1-7H,8H2,(H,17,20)(H,18,19). The lowest BCUT2D eigenvalue weighted by molar-refractivity contribution is -0.139. The molecule has 1 aromatic heterocycles. The van der Waals surface area contributed by atoms with E-state index in [-0.39, 0.29) is 11.4 Å². The first-order chi connectivity index (χ1) is 10.1. The van der Waals surface area contributed by atoms with Crippen molar-refractivity contribution in [3.63, 3.8) is 0 Å². The lowest BCUT2D eigenvalue weighted by atomic mass is 10.2. The van der Waals surface area contributed by atoms with Gasteiger partial charge in [-0.1, -0.05) is 18.2 Å². The van der Waals surface area contributed by atoms with Gasteiger partial charge in [-0.15, -0.1) is 0 Å². The molecule has 2 N–H and O–H groups in total.